The first-order valence-electron chi connectivity index (χ1n) is 3.05. The molecule has 0 unspecified atom stereocenters. The van der Waals surface area contributed by atoms with Crippen molar-refractivity contribution in [3.05, 3.63) is 24.5 Å². The second kappa shape index (κ2) is 1.73. The first kappa shape index (κ1) is 5.29. The highest BCUT2D eigenvalue weighted by Gasteiger charge is 1.95. The van der Waals surface area contributed by atoms with E-state index in [0.29, 0.717) is 5.82 Å². The third-order valence-corrected chi connectivity index (χ3v) is 1.51. The fourth-order valence-corrected chi connectivity index (χ4v) is 1.01. The first-order valence-corrected chi connectivity index (χ1v) is 3.05. The molecule has 2 aromatic rings. The Morgan fingerprint density at radius 2 is 2.30 bits per heavy atom. The summed E-state index contributed by atoms with van der Waals surface area (Å²) in [7, 11) is 0. The van der Waals surface area contributed by atoms with Gasteiger partial charge in [0, 0.05) is 17.8 Å². The maximum atomic E-state index is 5.57. The minimum Gasteiger partial charge on any atom is -0.383 e. The Balaban J connectivity index is 2.95. The molecule has 50 valence electrons. The summed E-state index contributed by atoms with van der Waals surface area (Å²) in [4.78, 5) is 6.98. The zero-order valence-corrected chi connectivity index (χ0v) is 5.33. The lowest BCUT2D eigenvalue weighted by Gasteiger charge is -1.91. The summed E-state index contributed by atoms with van der Waals surface area (Å²) in [5, 5.41) is 0.988. The van der Waals surface area contributed by atoms with E-state index in [9.17, 15) is 0 Å². The molecule has 0 saturated heterocycles. The normalized spacial score (nSPS) is 10.4. The molecule has 0 aromatic carbocycles. The van der Waals surface area contributed by atoms with E-state index in [2.05, 4.69) is 9.97 Å². The maximum Gasteiger partial charge on any atom is 0.132 e. The van der Waals surface area contributed by atoms with Crippen LogP contribution in [0.4, 0.5) is 5.82 Å². The molecule has 0 atom stereocenters. The molecule has 0 aliphatic heterocycles. The molecule has 2 rings (SSSR count). The van der Waals surface area contributed by atoms with Gasteiger partial charge in [0.15, 0.2) is 0 Å². The lowest BCUT2D eigenvalue weighted by Crippen LogP contribution is -1.88. The Kier molecular flexibility index (Phi) is 0.917. The highest BCUT2D eigenvalue weighted by Crippen LogP contribution is 2.15. The number of H-pyrrole nitrogens is 1. The zero-order chi connectivity index (χ0) is 6.97. The monoisotopic (exact) mass is 133 g/mol. The van der Waals surface area contributed by atoms with Crippen molar-refractivity contribution in [2.45, 2.75) is 0 Å². The van der Waals surface area contributed by atoms with Crippen molar-refractivity contribution in [1.82, 2.24) is 9.97 Å². The summed E-state index contributed by atoms with van der Waals surface area (Å²) in [6.07, 6.45) is 3.54. The van der Waals surface area contributed by atoms with Gasteiger partial charge in [-0.05, 0) is 12.1 Å². The first-order chi connectivity index (χ1) is 4.88. The number of aromatic nitrogens is 2. The number of pyridine rings is 1. The van der Waals surface area contributed by atoms with Gasteiger partial charge in [-0.25, -0.2) is 4.98 Å². The summed E-state index contributed by atoms with van der Waals surface area (Å²) in [5.74, 6) is 0.582. The number of anilines is 1. The number of hydrogen-bond acceptors (Lipinski definition) is 2. The second-order valence-electron chi connectivity index (χ2n) is 2.14. The molecule has 10 heavy (non-hydrogen) atoms. The van der Waals surface area contributed by atoms with E-state index in [1.54, 1.807) is 6.20 Å². The quantitative estimate of drug-likeness (QED) is 0.566. The number of nitrogens with zero attached hydrogens (tertiary/aromatic N) is 1. The standard InChI is InChI=1S/C7H7N3/c8-7-5-1-3-9-6(5)2-4-10-7/h1-4,9H,(H2,8,10). The van der Waals surface area contributed by atoms with Crippen molar-refractivity contribution in [2.24, 2.45) is 0 Å². The molecule has 0 spiro atoms. The molecule has 0 fully saturated rings. The van der Waals surface area contributed by atoms with Crippen molar-refractivity contribution in [2.75, 3.05) is 5.73 Å². The number of rotatable bonds is 0. The number of nitrogen functional groups attached to an aromatic ring is 1. The lowest BCUT2D eigenvalue weighted by molar-refractivity contribution is 1.36. The van der Waals surface area contributed by atoms with Gasteiger partial charge in [-0.2, -0.15) is 0 Å². The van der Waals surface area contributed by atoms with Crippen molar-refractivity contribution in [3.8, 4) is 0 Å². The Labute approximate surface area is 57.9 Å². The number of nitrogens with one attached hydrogen (secondary N) is 1. The third-order valence-electron chi connectivity index (χ3n) is 1.51. The van der Waals surface area contributed by atoms with Crippen LogP contribution in [0.15, 0.2) is 24.5 Å². The minimum atomic E-state index is 0.582. The molecular weight excluding hydrogens is 126 g/mol. The van der Waals surface area contributed by atoms with E-state index >= 15 is 0 Å². The van der Waals surface area contributed by atoms with Crippen LogP contribution in [0.1, 0.15) is 0 Å². The van der Waals surface area contributed by atoms with Gasteiger partial charge in [0.05, 0.1) is 5.52 Å². The van der Waals surface area contributed by atoms with E-state index < -0.39 is 0 Å². The van der Waals surface area contributed by atoms with Crippen molar-refractivity contribution < 1.29 is 0 Å². The Bertz CT molecular complexity index is 350. The number of hydrogen-bond donors (Lipinski definition) is 2. The smallest absolute Gasteiger partial charge is 0.132 e. The minimum absolute atomic E-state index is 0.582. The van der Waals surface area contributed by atoms with Crippen LogP contribution in [0.2, 0.25) is 0 Å². The van der Waals surface area contributed by atoms with Gasteiger partial charge >= 0.3 is 0 Å². The molecule has 2 heterocycles. The molecule has 0 radical (unpaired) electrons. The van der Waals surface area contributed by atoms with Crippen LogP contribution in [0, 0.1) is 0 Å². The molecule has 0 aliphatic rings. The number of fused-ring (bicyclic) bond motifs is 1. The molecule has 3 heteroatoms. The van der Waals surface area contributed by atoms with Gasteiger partial charge in [-0.3, -0.25) is 0 Å². The van der Waals surface area contributed by atoms with Gasteiger partial charge in [0.2, 0.25) is 0 Å². The maximum absolute atomic E-state index is 5.57. The van der Waals surface area contributed by atoms with Crippen LogP contribution in [-0.2, 0) is 0 Å². The van der Waals surface area contributed by atoms with Gasteiger partial charge in [0.25, 0.3) is 0 Å². The van der Waals surface area contributed by atoms with Crippen LogP contribution in [0.5, 0.6) is 0 Å². The average molecular weight is 133 g/mol. The fourth-order valence-electron chi connectivity index (χ4n) is 1.01. The van der Waals surface area contributed by atoms with Crippen LogP contribution in [0.3, 0.4) is 0 Å². The molecule has 0 bridgehead atoms. The Hall–Kier alpha value is -1.51. The molecular formula is C7H7N3. The van der Waals surface area contributed by atoms with E-state index in [-0.39, 0.29) is 0 Å². The van der Waals surface area contributed by atoms with E-state index in [4.69, 9.17) is 5.73 Å². The summed E-state index contributed by atoms with van der Waals surface area (Å²) in [6.45, 7) is 0. The van der Waals surface area contributed by atoms with E-state index in [1.807, 2.05) is 18.3 Å². The van der Waals surface area contributed by atoms with Gasteiger partial charge in [0.1, 0.15) is 5.82 Å². The van der Waals surface area contributed by atoms with Crippen molar-refractivity contribution in [1.29, 1.82) is 0 Å². The summed E-state index contributed by atoms with van der Waals surface area (Å²) in [5.41, 5.74) is 6.60. The summed E-state index contributed by atoms with van der Waals surface area (Å²) >= 11 is 0. The molecule has 0 saturated carbocycles. The van der Waals surface area contributed by atoms with Gasteiger partial charge in [-0.15, -0.1) is 0 Å². The Morgan fingerprint density at radius 1 is 1.40 bits per heavy atom. The predicted molar refractivity (Wildman–Crippen MR) is 40.5 cm³/mol. The molecule has 0 amide bonds. The summed E-state index contributed by atoms with van der Waals surface area (Å²) < 4.78 is 0. The highest BCUT2D eigenvalue weighted by molar-refractivity contribution is 5.88. The van der Waals surface area contributed by atoms with E-state index in [1.165, 1.54) is 0 Å². The topological polar surface area (TPSA) is 54.7 Å². The second-order valence-corrected chi connectivity index (χ2v) is 2.14. The van der Waals surface area contributed by atoms with Crippen molar-refractivity contribution in [3.63, 3.8) is 0 Å². The average Bonchev–Trinajstić information content (AvgIpc) is 2.36. The van der Waals surface area contributed by atoms with Gasteiger partial charge in [-0.1, -0.05) is 0 Å². The van der Waals surface area contributed by atoms with Crippen LogP contribution in [-0.4, -0.2) is 9.97 Å². The molecule has 3 N–H and O–H groups in total. The SMILES string of the molecule is Nc1nccc2[nH]ccc12. The molecule has 3 nitrogen and oxygen atoms in total. The van der Waals surface area contributed by atoms with E-state index in [0.717, 1.165) is 10.9 Å². The Morgan fingerprint density at radius 3 is 3.10 bits per heavy atom. The van der Waals surface area contributed by atoms with Crippen molar-refractivity contribution >= 4 is 16.7 Å². The van der Waals surface area contributed by atoms with Crippen LogP contribution < -0.4 is 5.73 Å². The highest BCUT2D eigenvalue weighted by atomic mass is 14.8. The number of nitrogens with two attached hydrogens (primary N) is 1. The number of aromatic amines is 1. The predicted octanol–water partition coefficient (Wildman–Crippen LogP) is 1.15. The van der Waals surface area contributed by atoms with Crippen LogP contribution >= 0.6 is 0 Å². The van der Waals surface area contributed by atoms with Gasteiger partial charge < -0.3 is 10.7 Å². The largest absolute Gasteiger partial charge is 0.383 e. The third kappa shape index (κ3) is 0.572. The summed E-state index contributed by atoms with van der Waals surface area (Å²) in [6, 6.07) is 3.81. The molecule has 0 aliphatic carbocycles. The zero-order valence-electron chi connectivity index (χ0n) is 5.33. The molecule has 2 aromatic heterocycles. The fraction of sp³-hybridized carbons (Fsp3) is 0. The van der Waals surface area contributed by atoms with Crippen LogP contribution in [0.25, 0.3) is 10.9 Å². The lowest BCUT2D eigenvalue weighted by atomic mass is 10.3.